The average molecular weight is 436 g/mol. The third kappa shape index (κ3) is 9.93. The van der Waals surface area contributed by atoms with Crippen LogP contribution >= 0.6 is 0 Å². The summed E-state index contributed by atoms with van der Waals surface area (Å²) in [6.07, 6.45) is 14.3. The van der Waals surface area contributed by atoms with Crippen LogP contribution in [0.1, 0.15) is 33.6 Å². The molecule has 2 aliphatic carbocycles. The molecule has 0 saturated heterocycles. The van der Waals surface area contributed by atoms with Gasteiger partial charge >= 0.3 is 28.2 Å². The minimum Gasteiger partial charge on any atom is -1.00 e. The van der Waals surface area contributed by atoms with Gasteiger partial charge in [0.1, 0.15) is 0 Å². The maximum absolute atomic E-state index is 3.39. The summed E-state index contributed by atoms with van der Waals surface area (Å²) in [5.41, 5.74) is 4.25. The molecule has 0 N–H and O–H groups in total. The normalized spacial score (nSPS) is 14.8. The molecule has 0 fully saturated rings. The zero-order valence-corrected chi connectivity index (χ0v) is 15.7. The van der Waals surface area contributed by atoms with Gasteiger partial charge in [0, 0.05) is 0 Å². The molecule has 0 spiro atoms. The summed E-state index contributed by atoms with van der Waals surface area (Å²) in [6.45, 7) is 6.44. The van der Waals surface area contributed by atoms with E-state index in [-0.39, 0.29) is 24.8 Å². The molecule has 0 bridgehead atoms. The average Bonchev–Trinajstić information content (AvgIpc) is 2.92. The molecule has 3 heteroatoms. The van der Waals surface area contributed by atoms with Crippen molar-refractivity contribution in [3.63, 3.8) is 0 Å². The van der Waals surface area contributed by atoms with E-state index in [1.54, 1.807) is 0 Å². The van der Waals surface area contributed by atoms with Gasteiger partial charge in [-0.3, -0.25) is 12.2 Å². The van der Waals surface area contributed by atoms with Gasteiger partial charge < -0.3 is 24.8 Å². The Bertz CT molecular complexity index is 297. The smallest absolute Gasteiger partial charge is 1.00 e. The molecule has 0 saturated carbocycles. The zero-order chi connectivity index (χ0) is 11.7. The number of hydrogen-bond donors (Lipinski definition) is 0. The Morgan fingerprint density at radius 3 is 1.88 bits per heavy atom. The standard InChI is InChI=1S/C8H11.C5H5.CH2.2ClH.Hf/c1-6-4-5-7(2)8(6)3;1-2-4-5-3-1;;;;/h4H2,1-3H3;1-3H,4H2;1H2;2*1H;/q2*-1;;;;+2/p-2. The van der Waals surface area contributed by atoms with Gasteiger partial charge in [-0.1, -0.05) is 13.8 Å². The van der Waals surface area contributed by atoms with Crippen molar-refractivity contribution >= 4 is 4.26 Å². The van der Waals surface area contributed by atoms with Crippen molar-refractivity contribution in [2.75, 3.05) is 0 Å². The number of hydrogen-bond acceptors (Lipinski definition) is 0. The minimum atomic E-state index is 0. The number of halogens is 2. The minimum absolute atomic E-state index is 0. The van der Waals surface area contributed by atoms with Gasteiger partial charge in [0.15, 0.2) is 0 Å². The molecule has 0 unspecified atom stereocenters. The molecule has 2 rings (SSSR count). The summed E-state index contributed by atoms with van der Waals surface area (Å²) < 4.78 is 3.39. The van der Waals surface area contributed by atoms with Crippen molar-refractivity contribution < 1.29 is 48.7 Å². The molecule has 0 radical (unpaired) electrons. The van der Waals surface area contributed by atoms with Crippen LogP contribution in [0.25, 0.3) is 0 Å². The predicted octanol–water partition coefficient (Wildman–Crippen LogP) is -2.25. The first-order chi connectivity index (χ1) is 7.22. The molecule has 94 valence electrons. The first-order valence-corrected chi connectivity index (χ1v) is 7.57. The van der Waals surface area contributed by atoms with Crippen molar-refractivity contribution in [1.82, 2.24) is 0 Å². The summed E-state index contributed by atoms with van der Waals surface area (Å²) in [7, 11) is 0. The van der Waals surface area contributed by atoms with Crippen molar-refractivity contribution in [2.45, 2.75) is 33.6 Å². The second-order valence-electron chi connectivity index (χ2n) is 3.39. The fourth-order valence-corrected chi connectivity index (χ4v) is 1.19. The van der Waals surface area contributed by atoms with Gasteiger partial charge in [0.25, 0.3) is 0 Å². The molecule has 0 aromatic rings. The van der Waals surface area contributed by atoms with E-state index in [1.807, 2.05) is 12.2 Å². The SMILES string of the molecule is CC1=[C-]CC(C)=C1C.[C-]1=CC=CC1.[CH2]=[Hf+2].[Cl-].[Cl-]. The van der Waals surface area contributed by atoms with Gasteiger partial charge in [-0.2, -0.15) is 17.2 Å². The quantitative estimate of drug-likeness (QED) is 0.298. The van der Waals surface area contributed by atoms with Crippen LogP contribution in [-0.4, -0.2) is 4.26 Å². The van der Waals surface area contributed by atoms with Crippen LogP contribution in [0.4, 0.5) is 0 Å². The van der Waals surface area contributed by atoms with E-state index in [0.29, 0.717) is 0 Å². The van der Waals surface area contributed by atoms with E-state index in [1.165, 1.54) is 16.7 Å². The second kappa shape index (κ2) is 14.3. The van der Waals surface area contributed by atoms with E-state index >= 15 is 0 Å². The van der Waals surface area contributed by atoms with Crippen LogP contribution in [0, 0.1) is 12.2 Å². The van der Waals surface area contributed by atoms with Gasteiger partial charge in [-0.25, -0.2) is 17.7 Å². The third-order valence-corrected chi connectivity index (χ3v) is 2.41. The Kier molecular flexibility index (Phi) is 18.9. The van der Waals surface area contributed by atoms with Crippen molar-refractivity contribution in [2.24, 2.45) is 0 Å². The maximum atomic E-state index is 3.39. The molecule has 0 heterocycles. The third-order valence-electron chi connectivity index (χ3n) is 2.41. The Morgan fingerprint density at radius 2 is 1.76 bits per heavy atom. The van der Waals surface area contributed by atoms with E-state index in [0.717, 1.165) is 36.7 Å². The topological polar surface area (TPSA) is 0 Å². The molecule has 17 heavy (non-hydrogen) atoms. The van der Waals surface area contributed by atoms with E-state index in [2.05, 4.69) is 43.3 Å². The summed E-state index contributed by atoms with van der Waals surface area (Å²) in [5.74, 6) is 0. The fraction of sp³-hybridized carbons (Fsp3) is 0.357. The van der Waals surface area contributed by atoms with Crippen molar-refractivity contribution in [3.05, 3.63) is 47.1 Å². The van der Waals surface area contributed by atoms with Crippen LogP contribution in [0.3, 0.4) is 0 Å². The Balaban J connectivity index is -0.000000192. The van der Waals surface area contributed by atoms with Gasteiger partial charge in [-0.15, -0.1) is 19.8 Å². The fourth-order valence-electron chi connectivity index (χ4n) is 1.19. The zero-order valence-electron chi connectivity index (χ0n) is 10.6. The van der Waals surface area contributed by atoms with Crippen LogP contribution in [0.2, 0.25) is 0 Å². The molecule has 0 amide bonds. The molecular formula is C14H18Cl2Hf-2. The summed E-state index contributed by atoms with van der Waals surface area (Å²) >= 11 is 1.06. The predicted molar refractivity (Wildman–Crippen MR) is 64.1 cm³/mol. The second-order valence-corrected chi connectivity index (χ2v) is 3.39. The molecule has 0 aromatic carbocycles. The molecule has 0 aromatic heterocycles. The van der Waals surface area contributed by atoms with Crippen LogP contribution in [0.5, 0.6) is 0 Å². The summed E-state index contributed by atoms with van der Waals surface area (Å²) in [6, 6.07) is 0. The van der Waals surface area contributed by atoms with Crippen molar-refractivity contribution in [3.8, 4) is 0 Å². The van der Waals surface area contributed by atoms with Gasteiger partial charge in [0.2, 0.25) is 0 Å². The summed E-state index contributed by atoms with van der Waals surface area (Å²) in [5, 5.41) is 0. The Morgan fingerprint density at radius 1 is 1.18 bits per heavy atom. The monoisotopic (exact) mass is 436 g/mol. The van der Waals surface area contributed by atoms with E-state index in [4.69, 9.17) is 0 Å². The first kappa shape index (κ1) is 22.5. The first-order valence-electron chi connectivity index (χ1n) is 5.03. The van der Waals surface area contributed by atoms with E-state index in [9.17, 15) is 0 Å². The van der Waals surface area contributed by atoms with Crippen LogP contribution in [0.15, 0.2) is 34.9 Å². The Hall–Kier alpha value is 0.280. The molecular weight excluding hydrogens is 418 g/mol. The summed E-state index contributed by atoms with van der Waals surface area (Å²) in [4.78, 5) is 0. The van der Waals surface area contributed by atoms with Crippen molar-refractivity contribution in [1.29, 1.82) is 0 Å². The molecule has 0 aliphatic heterocycles. The molecule has 0 atom stereocenters. The Labute approximate surface area is 133 Å². The van der Waals surface area contributed by atoms with Gasteiger partial charge in [0.05, 0.1) is 0 Å². The molecule has 0 nitrogen and oxygen atoms in total. The van der Waals surface area contributed by atoms with Crippen LogP contribution < -0.4 is 24.8 Å². The number of allylic oxidation sites excluding steroid dienone is 8. The maximum Gasteiger partial charge on any atom is -1.00 e. The van der Waals surface area contributed by atoms with E-state index < -0.39 is 0 Å². The largest absolute Gasteiger partial charge is 1.00 e. The number of rotatable bonds is 0. The van der Waals surface area contributed by atoms with Gasteiger partial charge in [-0.05, 0) is 0 Å². The van der Waals surface area contributed by atoms with Crippen LogP contribution in [-0.2, 0) is 23.9 Å². The molecule has 2 aliphatic rings.